The zero-order chi connectivity index (χ0) is 14.9. The van der Waals surface area contributed by atoms with Gasteiger partial charge in [0.05, 0.1) is 5.25 Å². The van der Waals surface area contributed by atoms with Gasteiger partial charge in [0.25, 0.3) is 0 Å². The molecule has 0 aliphatic heterocycles. The minimum atomic E-state index is -2.28. The Balaban J connectivity index is 3.19. The third-order valence-corrected chi connectivity index (χ3v) is 3.19. The van der Waals surface area contributed by atoms with Gasteiger partial charge in [-0.15, -0.1) is 0 Å². The fourth-order valence-corrected chi connectivity index (χ4v) is 1.28. The van der Waals surface area contributed by atoms with Gasteiger partial charge in [-0.05, 0) is 5.92 Å². The van der Waals surface area contributed by atoms with Gasteiger partial charge in [0, 0.05) is 0 Å². The number of nitrogens with one attached hydrogen (secondary N) is 1. The van der Waals surface area contributed by atoms with Gasteiger partial charge >= 0.3 is 0 Å². The summed E-state index contributed by atoms with van der Waals surface area (Å²) in [5.74, 6) is -11.9. The molecule has 1 aromatic carbocycles. The smallest absolute Gasteiger partial charge is 0.237 e. The molecule has 0 spiro atoms. The lowest BCUT2D eigenvalue weighted by Gasteiger charge is -2.15. The molecule has 1 N–H and O–H groups in total. The van der Waals surface area contributed by atoms with Gasteiger partial charge in [0.15, 0.2) is 23.3 Å². The molecule has 1 unspecified atom stereocenters. The summed E-state index contributed by atoms with van der Waals surface area (Å²) < 4.78 is 65.1. The molecule has 2 nitrogen and oxygen atoms in total. The van der Waals surface area contributed by atoms with Crippen LogP contribution in [-0.2, 0) is 4.79 Å². The number of halogens is 5. The Bertz CT molecular complexity index is 491. The summed E-state index contributed by atoms with van der Waals surface area (Å²) in [6.07, 6.45) is 0. The maximum Gasteiger partial charge on any atom is 0.237 e. The van der Waals surface area contributed by atoms with Crippen molar-refractivity contribution in [3.8, 4) is 0 Å². The van der Waals surface area contributed by atoms with Gasteiger partial charge in [-0.1, -0.05) is 13.8 Å². The number of hydrogen-bond donors (Lipinski definition) is 2. The molecule has 1 rings (SSSR count). The lowest BCUT2D eigenvalue weighted by Crippen LogP contribution is -2.29. The molecule has 1 aromatic rings. The molecular weight excluding hydrogens is 289 g/mol. The normalized spacial score (nSPS) is 12.7. The van der Waals surface area contributed by atoms with Crippen molar-refractivity contribution in [2.75, 3.05) is 5.32 Å². The predicted octanol–water partition coefficient (Wildman–Crippen LogP) is 3.28. The van der Waals surface area contributed by atoms with E-state index >= 15 is 0 Å². The number of anilines is 1. The number of carbonyl (C=O) groups excluding carboxylic acids is 1. The van der Waals surface area contributed by atoms with Crippen LogP contribution in [0, 0.1) is 35.0 Å². The monoisotopic (exact) mass is 299 g/mol. The third kappa shape index (κ3) is 2.99. The lowest BCUT2D eigenvalue weighted by molar-refractivity contribution is -0.116. The van der Waals surface area contributed by atoms with Crippen LogP contribution < -0.4 is 5.32 Å². The molecule has 0 saturated carbocycles. The van der Waals surface area contributed by atoms with Crippen LogP contribution in [0.5, 0.6) is 0 Å². The first-order valence-corrected chi connectivity index (χ1v) is 5.70. The summed E-state index contributed by atoms with van der Waals surface area (Å²) in [6.45, 7) is 3.21. The highest BCUT2D eigenvalue weighted by Gasteiger charge is 2.28. The molecular formula is C11H10F5NOS. The van der Waals surface area contributed by atoms with Gasteiger partial charge in [-0.25, -0.2) is 22.0 Å². The molecule has 0 heterocycles. The Hall–Kier alpha value is -1.31. The fraction of sp³-hybridized carbons (Fsp3) is 0.364. The van der Waals surface area contributed by atoms with Crippen LogP contribution in [0.2, 0.25) is 0 Å². The number of hydrogen-bond acceptors (Lipinski definition) is 2. The number of benzene rings is 1. The third-order valence-electron chi connectivity index (χ3n) is 2.36. The van der Waals surface area contributed by atoms with E-state index in [1.165, 1.54) is 0 Å². The van der Waals surface area contributed by atoms with Gasteiger partial charge < -0.3 is 5.32 Å². The van der Waals surface area contributed by atoms with E-state index in [1.807, 2.05) is 0 Å². The zero-order valence-corrected chi connectivity index (χ0v) is 10.8. The molecule has 0 radical (unpaired) electrons. The van der Waals surface area contributed by atoms with Crippen molar-refractivity contribution in [3.05, 3.63) is 29.1 Å². The number of thiol groups is 1. The topological polar surface area (TPSA) is 29.1 Å². The first-order valence-electron chi connectivity index (χ1n) is 5.18. The zero-order valence-electron chi connectivity index (χ0n) is 9.90. The summed E-state index contributed by atoms with van der Waals surface area (Å²) in [4.78, 5) is 11.5. The molecule has 8 heteroatoms. The van der Waals surface area contributed by atoms with Gasteiger partial charge in [0.2, 0.25) is 11.7 Å². The summed E-state index contributed by atoms with van der Waals surface area (Å²) in [6, 6.07) is 0. The highest BCUT2D eigenvalue weighted by atomic mass is 32.1. The quantitative estimate of drug-likeness (QED) is 0.381. The van der Waals surface area contributed by atoms with Gasteiger partial charge in [0.1, 0.15) is 5.69 Å². The second kappa shape index (κ2) is 5.77. The van der Waals surface area contributed by atoms with E-state index in [-0.39, 0.29) is 5.92 Å². The van der Waals surface area contributed by atoms with Crippen LogP contribution >= 0.6 is 12.6 Å². The van der Waals surface area contributed by atoms with E-state index in [1.54, 1.807) is 19.2 Å². The SMILES string of the molecule is CC(C)C(S)C(=O)Nc1c(F)c(F)c(F)c(F)c1F. The van der Waals surface area contributed by atoms with E-state index in [4.69, 9.17) is 0 Å². The summed E-state index contributed by atoms with van der Waals surface area (Å²) in [5, 5.41) is 0.707. The average molecular weight is 299 g/mol. The highest BCUT2D eigenvalue weighted by Crippen LogP contribution is 2.27. The maximum absolute atomic E-state index is 13.3. The second-order valence-electron chi connectivity index (χ2n) is 4.12. The molecule has 0 bridgehead atoms. The minimum Gasteiger partial charge on any atom is -0.320 e. The van der Waals surface area contributed by atoms with E-state index in [2.05, 4.69) is 12.6 Å². The fourth-order valence-electron chi connectivity index (χ4n) is 1.21. The molecule has 0 fully saturated rings. The predicted molar refractivity (Wildman–Crippen MR) is 62.5 cm³/mol. The van der Waals surface area contributed by atoms with Crippen LogP contribution in [0.1, 0.15) is 13.8 Å². The van der Waals surface area contributed by atoms with E-state index in [9.17, 15) is 26.7 Å². The largest absolute Gasteiger partial charge is 0.320 e. The van der Waals surface area contributed by atoms with Crippen molar-refractivity contribution in [2.24, 2.45) is 5.92 Å². The number of rotatable bonds is 3. The number of carbonyl (C=O) groups is 1. The molecule has 19 heavy (non-hydrogen) atoms. The van der Waals surface area contributed by atoms with Crippen molar-refractivity contribution in [1.82, 2.24) is 0 Å². The Labute approximate surface area is 111 Å². The van der Waals surface area contributed by atoms with Gasteiger partial charge in [-0.2, -0.15) is 12.6 Å². The molecule has 0 aromatic heterocycles. The molecule has 106 valence electrons. The Morgan fingerprint density at radius 1 is 0.947 bits per heavy atom. The second-order valence-corrected chi connectivity index (χ2v) is 4.68. The summed E-state index contributed by atoms with van der Waals surface area (Å²) >= 11 is 3.87. The van der Waals surface area contributed by atoms with Crippen molar-refractivity contribution in [3.63, 3.8) is 0 Å². The van der Waals surface area contributed by atoms with E-state index < -0.39 is 45.9 Å². The van der Waals surface area contributed by atoms with Crippen LogP contribution in [0.15, 0.2) is 0 Å². The highest BCUT2D eigenvalue weighted by molar-refractivity contribution is 7.81. The average Bonchev–Trinajstić information content (AvgIpc) is 2.37. The van der Waals surface area contributed by atoms with Crippen LogP contribution in [-0.4, -0.2) is 11.2 Å². The van der Waals surface area contributed by atoms with Crippen molar-refractivity contribution in [2.45, 2.75) is 19.1 Å². The minimum absolute atomic E-state index is 0.287. The molecule has 1 atom stereocenters. The Morgan fingerprint density at radius 2 is 1.32 bits per heavy atom. The van der Waals surface area contributed by atoms with Crippen molar-refractivity contribution >= 4 is 24.2 Å². The molecule has 0 aliphatic carbocycles. The van der Waals surface area contributed by atoms with E-state index in [0.29, 0.717) is 0 Å². The summed E-state index contributed by atoms with van der Waals surface area (Å²) in [7, 11) is 0. The van der Waals surface area contributed by atoms with Crippen LogP contribution in [0.4, 0.5) is 27.6 Å². The molecule has 0 saturated heterocycles. The summed E-state index contributed by atoms with van der Waals surface area (Å²) in [5.41, 5.74) is -1.37. The first kappa shape index (κ1) is 15.7. The standard InChI is InChI=1S/C11H10F5NOS/c1-3(2)10(19)11(18)17-9-7(15)5(13)4(12)6(14)8(9)16/h3,10,19H,1-2H3,(H,17,18). The lowest BCUT2D eigenvalue weighted by atomic mass is 10.1. The number of amides is 1. The maximum atomic E-state index is 13.3. The molecule has 0 aliphatic rings. The first-order chi connectivity index (χ1) is 8.68. The molecule has 1 amide bonds. The Kier molecular flexibility index (Phi) is 4.78. The van der Waals surface area contributed by atoms with E-state index in [0.717, 1.165) is 0 Å². The van der Waals surface area contributed by atoms with Crippen molar-refractivity contribution in [1.29, 1.82) is 0 Å². The van der Waals surface area contributed by atoms with Gasteiger partial charge in [-0.3, -0.25) is 4.79 Å². The van der Waals surface area contributed by atoms with Crippen LogP contribution in [0.3, 0.4) is 0 Å². The Morgan fingerprint density at radius 3 is 1.68 bits per heavy atom. The van der Waals surface area contributed by atoms with Crippen LogP contribution in [0.25, 0.3) is 0 Å². The van der Waals surface area contributed by atoms with Crippen molar-refractivity contribution < 1.29 is 26.7 Å².